The molecule has 11 heavy (non-hydrogen) atoms. The zero-order chi connectivity index (χ0) is 8.10. The topological polar surface area (TPSA) is 35.2 Å². The van der Waals surface area contributed by atoms with E-state index in [0.717, 1.165) is 25.9 Å². The largest absolute Gasteiger partial charge is 0.501 e. The lowest BCUT2D eigenvalue weighted by atomic mass is 10.0. The molecule has 0 amide bonds. The molecule has 0 fully saturated rings. The maximum atomic E-state index is 5.84. The molecule has 0 aromatic heterocycles. The molecule has 62 valence electrons. The van der Waals surface area contributed by atoms with Crippen molar-refractivity contribution in [1.82, 2.24) is 0 Å². The molecular weight excluding hydrogens is 138 g/mol. The van der Waals surface area contributed by atoms with Gasteiger partial charge in [-0.05, 0) is 24.8 Å². The van der Waals surface area contributed by atoms with Gasteiger partial charge >= 0.3 is 0 Å². The molecule has 1 aliphatic heterocycles. The first-order chi connectivity index (χ1) is 5.34. The van der Waals surface area contributed by atoms with Crippen LogP contribution in [0.25, 0.3) is 0 Å². The first-order valence-electron chi connectivity index (χ1n) is 4.01. The first kappa shape index (κ1) is 8.34. The average molecular weight is 153 g/mol. The Hall–Kier alpha value is -0.760. The second-order valence-corrected chi connectivity index (χ2v) is 2.80. The highest BCUT2D eigenvalue weighted by Gasteiger charge is 2.10. The van der Waals surface area contributed by atoms with Crippen molar-refractivity contribution in [3.05, 3.63) is 24.5 Å². The fourth-order valence-electron chi connectivity index (χ4n) is 1.19. The zero-order valence-electron chi connectivity index (χ0n) is 6.75. The van der Waals surface area contributed by atoms with Gasteiger partial charge in [0.05, 0.1) is 12.9 Å². The van der Waals surface area contributed by atoms with Gasteiger partial charge in [-0.2, -0.15) is 0 Å². The number of ether oxygens (including phenoxy) is 1. The number of rotatable bonds is 3. The molecule has 0 aromatic carbocycles. The van der Waals surface area contributed by atoms with Crippen molar-refractivity contribution in [2.45, 2.75) is 25.3 Å². The first-order valence-corrected chi connectivity index (χ1v) is 4.01. The molecule has 2 nitrogen and oxygen atoms in total. The lowest BCUT2D eigenvalue weighted by molar-refractivity contribution is 0.221. The Morgan fingerprint density at radius 2 is 2.64 bits per heavy atom. The molecule has 1 atom stereocenters. The van der Waals surface area contributed by atoms with Crippen LogP contribution in [0.2, 0.25) is 0 Å². The molecule has 0 saturated heterocycles. The van der Waals surface area contributed by atoms with E-state index in [4.69, 9.17) is 10.5 Å². The highest BCUT2D eigenvalue weighted by molar-refractivity contribution is 5.10. The van der Waals surface area contributed by atoms with E-state index < -0.39 is 0 Å². The van der Waals surface area contributed by atoms with Gasteiger partial charge in [-0.1, -0.05) is 6.08 Å². The van der Waals surface area contributed by atoms with Gasteiger partial charge < -0.3 is 10.5 Å². The molecule has 1 aliphatic rings. The minimum Gasteiger partial charge on any atom is -0.501 e. The highest BCUT2D eigenvalue weighted by Crippen LogP contribution is 2.16. The van der Waals surface area contributed by atoms with E-state index in [1.54, 1.807) is 6.26 Å². The fourth-order valence-corrected chi connectivity index (χ4v) is 1.19. The second-order valence-electron chi connectivity index (χ2n) is 2.80. The normalized spacial score (nSPS) is 19.9. The second kappa shape index (κ2) is 4.19. The Morgan fingerprint density at radius 1 is 1.82 bits per heavy atom. The third kappa shape index (κ3) is 2.39. The summed E-state index contributed by atoms with van der Waals surface area (Å²) in [6.45, 7) is 4.49. The Kier molecular flexibility index (Phi) is 3.17. The zero-order valence-corrected chi connectivity index (χ0v) is 6.75. The van der Waals surface area contributed by atoms with Gasteiger partial charge in [0.1, 0.15) is 0 Å². The number of hydrogen-bond acceptors (Lipinski definition) is 2. The van der Waals surface area contributed by atoms with Crippen LogP contribution < -0.4 is 5.73 Å². The molecule has 1 unspecified atom stereocenters. The van der Waals surface area contributed by atoms with Crippen LogP contribution in [-0.4, -0.2) is 12.6 Å². The van der Waals surface area contributed by atoms with E-state index in [1.807, 2.05) is 6.08 Å². The van der Waals surface area contributed by atoms with Crippen molar-refractivity contribution < 1.29 is 4.74 Å². The van der Waals surface area contributed by atoms with E-state index in [2.05, 4.69) is 6.58 Å². The molecule has 0 aliphatic carbocycles. The minimum absolute atomic E-state index is 0.118. The summed E-state index contributed by atoms with van der Waals surface area (Å²) in [6, 6.07) is 0.118. The van der Waals surface area contributed by atoms with Crippen molar-refractivity contribution in [2.24, 2.45) is 5.73 Å². The van der Waals surface area contributed by atoms with Crippen LogP contribution in [0.3, 0.4) is 0 Å². The summed E-state index contributed by atoms with van der Waals surface area (Å²) in [4.78, 5) is 0. The Balaban J connectivity index is 2.43. The summed E-state index contributed by atoms with van der Waals surface area (Å²) in [5.74, 6) is 0. The summed E-state index contributed by atoms with van der Waals surface area (Å²) in [7, 11) is 0. The van der Waals surface area contributed by atoms with Crippen molar-refractivity contribution >= 4 is 0 Å². The Labute approximate surface area is 67.7 Å². The van der Waals surface area contributed by atoms with Crippen LogP contribution in [0.1, 0.15) is 19.3 Å². The lowest BCUT2D eigenvalue weighted by Gasteiger charge is -2.18. The highest BCUT2D eigenvalue weighted by atomic mass is 16.5. The van der Waals surface area contributed by atoms with Gasteiger partial charge in [0, 0.05) is 6.04 Å². The molecule has 2 heteroatoms. The van der Waals surface area contributed by atoms with Crippen LogP contribution >= 0.6 is 0 Å². The lowest BCUT2D eigenvalue weighted by Crippen LogP contribution is -2.23. The molecule has 0 saturated carbocycles. The van der Waals surface area contributed by atoms with Crippen LogP contribution in [0.4, 0.5) is 0 Å². The van der Waals surface area contributed by atoms with Gasteiger partial charge in [0.2, 0.25) is 0 Å². The molecular formula is C9H15NO. The molecule has 0 aromatic rings. The van der Waals surface area contributed by atoms with Crippen LogP contribution in [0.5, 0.6) is 0 Å². The average Bonchev–Trinajstić information content (AvgIpc) is 2.07. The molecule has 1 rings (SSSR count). The SMILES string of the molecule is C=CCC(N)C1=COCCC1. The molecule has 2 N–H and O–H groups in total. The molecule has 0 bridgehead atoms. The van der Waals surface area contributed by atoms with Crippen molar-refractivity contribution in [3.8, 4) is 0 Å². The maximum Gasteiger partial charge on any atom is 0.0876 e. The van der Waals surface area contributed by atoms with Gasteiger partial charge in [-0.25, -0.2) is 0 Å². The summed E-state index contributed by atoms with van der Waals surface area (Å²) < 4.78 is 5.17. The molecule has 1 heterocycles. The number of hydrogen-bond donors (Lipinski definition) is 1. The van der Waals surface area contributed by atoms with E-state index >= 15 is 0 Å². The summed E-state index contributed by atoms with van der Waals surface area (Å²) >= 11 is 0. The number of nitrogens with two attached hydrogens (primary N) is 1. The summed E-state index contributed by atoms with van der Waals surface area (Å²) in [5.41, 5.74) is 7.06. The summed E-state index contributed by atoms with van der Waals surface area (Å²) in [5, 5.41) is 0. The molecule has 0 spiro atoms. The standard InChI is InChI=1S/C9H15NO/c1-2-4-9(10)8-5-3-6-11-7-8/h2,7,9H,1,3-6,10H2. The van der Waals surface area contributed by atoms with Gasteiger partial charge in [-0.15, -0.1) is 6.58 Å². The predicted octanol–water partition coefficient (Wildman–Crippen LogP) is 1.58. The van der Waals surface area contributed by atoms with Gasteiger partial charge in [0.15, 0.2) is 0 Å². The van der Waals surface area contributed by atoms with Crippen molar-refractivity contribution in [3.63, 3.8) is 0 Å². The quantitative estimate of drug-likeness (QED) is 0.625. The minimum atomic E-state index is 0.118. The van der Waals surface area contributed by atoms with E-state index in [-0.39, 0.29) is 6.04 Å². The monoisotopic (exact) mass is 153 g/mol. The van der Waals surface area contributed by atoms with Gasteiger partial charge in [0.25, 0.3) is 0 Å². The van der Waals surface area contributed by atoms with Crippen LogP contribution in [-0.2, 0) is 4.74 Å². The molecule has 0 radical (unpaired) electrons. The maximum absolute atomic E-state index is 5.84. The third-order valence-electron chi connectivity index (χ3n) is 1.86. The van der Waals surface area contributed by atoms with Crippen molar-refractivity contribution in [2.75, 3.05) is 6.61 Å². The van der Waals surface area contributed by atoms with E-state index in [1.165, 1.54) is 5.57 Å². The third-order valence-corrected chi connectivity index (χ3v) is 1.86. The fraction of sp³-hybridized carbons (Fsp3) is 0.556. The Bertz CT molecular complexity index is 163. The van der Waals surface area contributed by atoms with Gasteiger partial charge in [-0.3, -0.25) is 0 Å². The Morgan fingerprint density at radius 3 is 3.18 bits per heavy atom. The predicted molar refractivity (Wildman–Crippen MR) is 46.1 cm³/mol. The summed E-state index contributed by atoms with van der Waals surface area (Å²) in [6.07, 6.45) is 6.67. The van der Waals surface area contributed by atoms with E-state index in [0.29, 0.717) is 0 Å². The van der Waals surface area contributed by atoms with E-state index in [9.17, 15) is 0 Å². The van der Waals surface area contributed by atoms with Crippen molar-refractivity contribution in [1.29, 1.82) is 0 Å². The smallest absolute Gasteiger partial charge is 0.0876 e. The van der Waals surface area contributed by atoms with Crippen LogP contribution in [0, 0.1) is 0 Å². The van der Waals surface area contributed by atoms with Crippen LogP contribution in [0.15, 0.2) is 24.5 Å².